The highest BCUT2D eigenvalue weighted by Crippen LogP contribution is 2.33. The molecule has 1 aromatic carbocycles. The number of rotatable bonds is 6. The maximum absolute atomic E-state index is 14.0. The SMILES string of the molecule is O=C(NCc1ccccc1)c1cn(C[C@@H]2CC(F)(F)CN2C(=O)c2cnco2)nn1. The number of aromatic nitrogens is 4. The van der Waals surface area contributed by atoms with Gasteiger partial charge in [0.25, 0.3) is 17.7 Å². The van der Waals surface area contributed by atoms with E-state index >= 15 is 0 Å². The second-order valence-corrected chi connectivity index (χ2v) is 7.01. The summed E-state index contributed by atoms with van der Waals surface area (Å²) in [6.07, 6.45) is 3.09. The van der Waals surface area contributed by atoms with Crippen LogP contribution in [0.15, 0.2) is 53.5 Å². The largest absolute Gasteiger partial charge is 0.438 e. The van der Waals surface area contributed by atoms with E-state index in [2.05, 4.69) is 20.6 Å². The van der Waals surface area contributed by atoms with E-state index in [4.69, 9.17) is 4.42 Å². The fraction of sp³-hybridized carbons (Fsp3) is 0.316. The summed E-state index contributed by atoms with van der Waals surface area (Å²) < 4.78 is 34.2. The lowest BCUT2D eigenvalue weighted by molar-refractivity contribution is 0.0113. The van der Waals surface area contributed by atoms with Crippen molar-refractivity contribution in [2.45, 2.75) is 31.5 Å². The molecule has 2 aromatic heterocycles. The number of carbonyl (C=O) groups excluding carboxylic acids is 2. The Morgan fingerprint density at radius 3 is 2.80 bits per heavy atom. The molecule has 30 heavy (non-hydrogen) atoms. The van der Waals surface area contributed by atoms with Gasteiger partial charge in [-0.25, -0.2) is 18.4 Å². The second-order valence-electron chi connectivity index (χ2n) is 7.01. The first-order valence-electron chi connectivity index (χ1n) is 9.21. The summed E-state index contributed by atoms with van der Waals surface area (Å²) in [5.41, 5.74) is 0.983. The first kappa shape index (κ1) is 19.7. The Balaban J connectivity index is 1.41. The zero-order valence-electron chi connectivity index (χ0n) is 15.7. The van der Waals surface area contributed by atoms with Crippen LogP contribution in [0.1, 0.15) is 33.0 Å². The molecule has 1 fully saturated rings. The standard InChI is InChI=1S/C19H18F2N6O3/c20-19(21)6-14(27(11-19)18(29)16-8-22-12-30-16)9-26-10-15(24-25-26)17(28)23-7-13-4-2-1-3-5-13/h1-5,8,10,12,14H,6-7,9,11H2,(H,23,28)/t14-/m0/s1. The van der Waals surface area contributed by atoms with Crippen molar-refractivity contribution in [3.05, 3.63) is 66.1 Å². The van der Waals surface area contributed by atoms with Crippen molar-refractivity contribution < 1.29 is 22.8 Å². The van der Waals surface area contributed by atoms with E-state index in [0.29, 0.717) is 6.54 Å². The van der Waals surface area contributed by atoms with Gasteiger partial charge in [-0.05, 0) is 5.56 Å². The molecule has 1 aliphatic rings. The zero-order valence-corrected chi connectivity index (χ0v) is 15.7. The van der Waals surface area contributed by atoms with Crippen LogP contribution in [0.3, 0.4) is 0 Å². The van der Waals surface area contributed by atoms with E-state index in [1.807, 2.05) is 30.3 Å². The highest BCUT2D eigenvalue weighted by molar-refractivity contribution is 5.92. The molecule has 1 atom stereocenters. The molecule has 0 aliphatic carbocycles. The number of hydrogen-bond acceptors (Lipinski definition) is 6. The highest BCUT2D eigenvalue weighted by Gasteiger charge is 2.47. The van der Waals surface area contributed by atoms with Crippen LogP contribution in [0, 0.1) is 0 Å². The third kappa shape index (κ3) is 4.34. The molecule has 0 unspecified atom stereocenters. The Labute approximate surface area is 169 Å². The van der Waals surface area contributed by atoms with Gasteiger partial charge >= 0.3 is 0 Å². The number of carbonyl (C=O) groups is 2. The monoisotopic (exact) mass is 416 g/mol. The van der Waals surface area contributed by atoms with E-state index < -0.39 is 36.7 Å². The number of benzene rings is 1. The van der Waals surface area contributed by atoms with Crippen molar-refractivity contribution in [1.82, 2.24) is 30.2 Å². The van der Waals surface area contributed by atoms with Gasteiger partial charge in [0.1, 0.15) is 0 Å². The number of oxazole rings is 1. The average molecular weight is 416 g/mol. The van der Waals surface area contributed by atoms with E-state index in [9.17, 15) is 18.4 Å². The van der Waals surface area contributed by atoms with Gasteiger partial charge in [-0.2, -0.15) is 0 Å². The van der Waals surface area contributed by atoms with Crippen LogP contribution in [0.2, 0.25) is 0 Å². The fourth-order valence-corrected chi connectivity index (χ4v) is 3.34. The highest BCUT2D eigenvalue weighted by atomic mass is 19.3. The van der Waals surface area contributed by atoms with Crippen LogP contribution < -0.4 is 5.32 Å². The Bertz CT molecular complexity index is 1020. The number of nitrogens with one attached hydrogen (secondary N) is 1. The third-order valence-electron chi connectivity index (χ3n) is 4.75. The molecule has 0 saturated carbocycles. The van der Waals surface area contributed by atoms with Gasteiger partial charge < -0.3 is 14.6 Å². The summed E-state index contributed by atoms with van der Waals surface area (Å²) in [5, 5.41) is 10.4. The summed E-state index contributed by atoms with van der Waals surface area (Å²) in [6, 6.07) is 8.51. The summed E-state index contributed by atoms with van der Waals surface area (Å²) in [5.74, 6) is -4.25. The van der Waals surface area contributed by atoms with Gasteiger partial charge in [0.05, 0.1) is 31.5 Å². The molecule has 9 nitrogen and oxygen atoms in total. The lowest BCUT2D eigenvalue weighted by Gasteiger charge is -2.22. The van der Waals surface area contributed by atoms with Gasteiger partial charge in [0.15, 0.2) is 12.1 Å². The Kier molecular flexibility index (Phi) is 5.25. The topological polar surface area (TPSA) is 106 Å². The van der Waals surface area contributed by atoms with Gasteiger partial charge in [-0.15, -0.1) is 5.10 Å². The zero-order chi connectivity index (χ0) is 21.1. The molecule has 1 aliphatic heterocycles. The Morgan fingerprint density at radius 2 is 2.07 bits per heavy atom. The number of nitrogens with zero attached hydrogens (tertiary/aromatic N) is 5. The van der Waals surface area contributed by atoms with E-state index in [-0.39, 0.29) is 18.0 Å². The van der Waals surface area contributed by atoms with Crippen LogP contribution in [0.5, 0.6) is 0 Å². The van der Waals surface area contributed by atoms with Gasteiger partial charge in [-0.1, -0.05) is 35.5 Å². The molecule has 156 valence electrons. The number of alkyl halides is 2. The van der Waals surface area contributed by atoms with Gasteiger partial charge in [0, 0.05) is 13.0 Å². The molecule has 3 heterocycles. The van der Waals surface area contributed by atoms with E-state index in [1.165, 1.54) is 17.1 Å². The number of amides is 2. The van der Waals surface area contributed by atoms with Crippen molar-refractivity contribution in [2.75, 3.05) is 6.54 Å². The summed E-state index contributed by atoms with van der Waals surface area (Å²) in [7, 11) is 0. The molecule has 4 rings (SSSR count). The molecule has 3 aromatic rings. The van der Waals surface area contributed by atoms with Crippen molar-refractivity contribution in [2.24, 2.45) is 0 Å². The maximum Gasteiger partial charge on any atom is 0.291 e. The normalized spacial score (nSPS) is 17.8. The molecule has 0 spiro atoms. The second kappa shape index (κ2) is 8.01. The van der Waals surface area contributed by atoms with Crippen LogP contribution in [-0.4, -0.2) is 55.2 Å². The number of halogens is 2. The summed E-state index contributed by atoms with van der Waals surface area (Å²) in [6.45, 7) is -0.439. The Morgan fingerprint density at radius 1 is 1.27 bits per heavy atom. The predicted octanol–water partition coefficient (Wildman–Crippen LogP) is 1.75. The molecule has 11 heteroatoms. The minimum Gasteiger partial charge on any atom is -0.438 e. The lowest BCUT2D eigenvalue weighted by Crippen LogP contribution is -2.38. The van der Waals surface area contributed by atoms with Crippen LogP contribution >= 0.6 is 0 Å². The van der Waals surface area contributed by atoms with Gasteiger partial charge in [-0.3, -0.25) is 9.59 Å². The molecule has 1 saturated heterocycles. The number of likely N-dealkylation sites (tertiary alicyclic amines) is 1. The quantitative estimate of drug-likeness (QED) is 0.656. The minimum atomic E-state index is -3.03. The molecule has 0 bridgehead atoms. The third-order valence-corrected chi connectivity index (χ3v) is 4.75. The van der Waals surface area contributed by atoms with Gasteiger partial charge in [0.2, 0.25) is 5.76 Å². The van der Waals surface area contributed by atoms with E-state index in [1.54, 1.807) is 0 Å². The van der Waals surface area contributed by atoms with Crippen LogP contribution in [0.4, 0.5) is 8.78 Å². The molecule has 2 amide bonds. The van der Waals surface area contributed by atoms with Crippen LogP contribution in [-0.2, 0) is 13.1 Å². The van der Waals surface area contributed by atoms with Crippen molar-refractivity contribution in [1.29, 1.82) is 0 Å². The number of hydrogen-bond donors (Lipinski definition) is 1. The smallest absolute Gasteiger partial charge is 0.291 e. The van der Waals surface area contributed by atoms with Crippen molar-refractivity contribution in [3.63, 3.8) is 0 Å². The molecular formula is C19H18F2N6O3. The maximum atomic E-state index is 14.0. The summed E-state index contributed by atoms with van der Waals surface area (Å²) >= 11 is 0. The molecule has 0 radical (unpaired) electrons. The summed E-state index contributed by atoms with van der Waals surface area (Å²) in [4.78, 5) is 29.4. The minimum absolute atomic E-state index is 0.0333. The molecular weight excluding hydrogens is 398 g/mol. The Hall–Kier alpha value is -3.63. The van der Waals surface area contributed by atoms with Crippen molar-refractivity contribution in [3.8, 4) is 0 Å². The molecule has 1 N–H and O–H groups in total. The fourth-order valence-electron chi connectivity index (χ4n) is 3.34. The predicted molar refractivity (Wildman–Crippen MR) is 98.5 cm³/mol. The van der Waals surface area contributed by atoms with Crippen LogP contribution in [0.25, 0.3) is 0 Å². The first-order chi connectivity index (χ1) is 14.4. The average Bonchev–Trinajstić information content (AvgIpc) is 3.47. The lowest BCUT2D eigenvalue weighted by atomic mass is 10.2. The van der Waals surface area contributed by atoms with E-state index in [0.717, 1.165) is 16.9 Å². The van der Waals surface area contributed by atoms with Crippen molar-refractivity contribution >= 4 is 11.8 Å². The first-order valence-corrected chi connectivity index (χ1v) is 9.21.